The predicted octanol–water partition coefficient (Wildman–Crippen LogP) is 3.11. The van der Waals surface area contributed by atoms with Crippen molar-refractivity contribution in [3.8, 4) is 5.75 Å². The summed E-state index contributed by atoms with van der Waals surface area (Å²) in [6.07, 6.45) is 0.977. The zero-order valence-electron chi connectivity index (χ0n) is 14.1. The van der Waals surface area contributed by atoms with E-state index in [-0.39, 0.29) is 12.5 Å². The number of hydrogen-bond acceptors (Lipinski definition) is 3. The molecule has 0 N–H and O–H groups in total. The SMILES string of the molecule is Cc1ccc(OCC(=O)N2CCCN(c3ccccc3)CC2)cc1. The Morgan fingerprint density at radius 3 is 2.46 bits per heavy atom. The first-order valence-electron chi connectivity index (χ1n) is 8.49. The number of amides is 1. The molecule has 1 amide bonds. The minimum Gasteiger partial charge on any atom is -0.484 e. The maximum atomic E-state index is 12.4. The molecular formula is C20H24N2O2. The van der Waals surface area contributed by atoms with Crippen molar-refractivity contribution in [2.75, 3.05) is 37.7 Å². The Balaban J connectivity index is 1.52. The zero-order chi connectivity index (χ0) is 16.8. The summed E-state index contributed by atoms with van der Waals surface area (Å²) in [5.74, 6) is 0.806. The van der Waals surface area contributed by atoms with E-state index < -0.39 is 0 Å². The number of nitrogens with zero attached hydrogens (tertiary/aromatic N) is 2. The van der Waals surface area contributed by atoms with Crippen LogP contribution < -0.4 is 9.64 Å². The lowest BCUT2D eigenvalue weighted by atomic mass is 10.2. The molecular weight excluding hydrogens is 300 g/mol. The number of rotatable bonds is 4. The van der Waals surface area contributed by atoms with Gasteiger partial charge in [0, 0.05) is 31.9 Å². The molecule has 1 aliphatic rings. The average Bonchev–Trinajstić information content (AvgIpc) is 2.88. The number of anilines is 1. The Labute approximate surface area is 143 Å². The van der Waals surface area contributed by atoms with E-state index in [4.69, 9.17) is 4.74 Å². The van der Waals surface area contributed by atoms with Gasteiger partial charge in [0.1, 0.15) is 5.75 Å². The molecule has 4 nitrogen and oxygen atoms in total. The highest BCUT2D eigenvalue weighted by molar-refractivity contribution is 5.78. The third-order valence-electron chi connectivity index (χ3n) is 4.35. The Morgan fingerprint density at radius 2 is 1.71 bits per heavy atom. The maximum Gasteiger partial charge on any atom is 0.260 e. The molecule has 1 heterocycles. The second kappa shape index (κ2) is 7.86. The van der Waals surface area contributed by atoms with Crippen LogP contribution in [0.3, 0.4) is 0 Å². The molecule has 0 aliphatic carbocycles. The Hall–Kier alpha value is -2.49. The van der Waals surface area contributed by atoms with Crippen LogP contribution in [0, 0.1) is 6.92 Å². The third kappa shape index (κ3) is 4.28. The average molecular weight is 324 g/mol. The van der Waals surface area contributed by atoms with Gasteiger partial charge in [0.15, 0.2) is 6.61 Å². The van der Waals surface area contributed by atoms with Gasteiger partial charge in [-0.1, -0.05) is 35.9 Å². The second-order valence-electron chi connectivity index (χ2n) is 6.16. The molecule has 2 aromatic carbocycles. The van der Waals surface area contributed by atoms with Gasteiger partial charge in [0.05, 0.1) is 0 Å². The summed E-state index contributed by atoms with van der Waals surface area (Å²) in [6.45, 7) is 5.51. The van der Waals surface area contributed by atoms with Crippen LogP contribution in [-0.4, -0.2) is 43.6 Å². The maximum absolute atomic E-state index is 12.4. The molecule has 1 fully saturated rings. The first-order chi connectivity index (χ1) is 11.7. The molecule has 0 atom stereocenters. The van der Waals surface area contributed by atoms with Gasteiger partial charge >= 0.3 is 0 Å². The van der Waals surface area contributed by atoms with Crippen LogP contribution in [0.4, 0.5) is 5.69 Å². The van der Waals surface area contributed by atoms with Crippen LogP contribution in [0.15, 0.2) is 54.6 Å². The van der Waals surface area contributed by atoms with Crippen LogP contribution in [0.2, 0.25) is 0 Å². The lowest BCUT2D eigenvalue weighted by Crippen LogP contribution is -2.38. The van der Waals surface area contributed by atoms with Gasteiger partial charge in [-0.25, -0.2) is 0 Å². The molecule has 0 spiro atoms. The van der Waals surface area contributed by atoms with Crippen molar-refractivity contribution >= 4 is 11.6 Å². The number of carbonyl (C=O) groups excluding carboxylic acids is 1. The monoisotopic (exact) mass is 324 g/mol. The number of benzene rings is 2. The summed E-state index contributed by atoms with van der Waals surface area (Å²) in [5, 5.41) is 0. The standard InChI is InChI=1S/C20H24N2O2/c1-17-8-10-19(11-9-17)24-16-20(23)22-13-5-12-21(14-15-22)18-6-3-2-4-7-18/h2-4,6-11H,5,12-16H2,1H3. The third-order valence-corrected chi connectivity index (χ3v) is 4.35. The van der Waals surface area contributed by atoms with Crippen molar-refractivity contribution in [3.05, 3.63) is 60.2 Å². The van der Waals surface area contributed by atoms with Gasteiger partial charge in [-0.2, -0.15) is 0 Å². The van der Waals surface area contributed by atoms with Crippen molar-refractivity contribution in [1.82, 2.24) is 4.90 Å². The van der Waals surface area contributed by atoms with E-state index in [1.807, 2.05) is 42.2 Å². The molecule has 0 aromatic heterocycles. The molecule has 0 radical (unpaired) electrons. The van der Waals surface area contributed by atoms with Crippen LogP contribution in [-0.2, 0) is 4.79 Å². The van der Waals surface area contributed by atoms with Crippen molar-refractivity contribution in [3.63, 3.8) is 0 Å². The van der Waals surface area contributed by atoms with E-state index >= 15 is 0 Å². The zero-order valence-corrected chi connectivity index (χ0v) is 14.1. The first-order valence-corrected chi connectivity index (χ1v) is 8.49. The molecule has 0 bridgehead atoms. The Bertz CT molecular complexity index is 655. The first kappa shape index (κ1) is 16.4. The molecule has 24 heavy (non-hydrogen) atoms. The number of para-hydroxylation sites is 1. The fraction of sp³-hybridized carbons (Fsp3) is 0.350. The van der Waals surface area contributed by atoms with Gasteiger partial charge < -0.3 is 14.5 Å². The van der Waals surface area contributed by atoms with Gasteiger partial charge in [-0.3, -0.25) is 4.79 Å². The van der Waals surface area contributed by atoms with Gasteiger partial charge in [0.25, 0.3) is 5.91 Å². The van der Waals surface area contributed by atoms with Crippen molar-refractivity contribution in [1.29, 1.82) is 0 Å². The van der Waals surface area contributed by atoms with Crippen LogP contribution in [0.1, 0.15) is 12.0 Å². The molecule has 126 valence electrons. The molecule has 1 saturated heterocycles. The Morgan fingerprint density at radius 1 is 0.958 bits per heavy atom. The predicted molar refractivity (Wildman–Crippen MR) is 96.5 cm³/mol. The lowest BCUT2D eigenvalue weighted by Gasteiger charge is -2.23. The summed E-state index contributed by atoms with van der Waals surface area (Å²) >= 11 is 0. The molecule has 2 aromatic rings. The van der Waals surface area contributed by atoms with E-state index in [0.29, 0.717) is 0 Å². The van der Waals surface area contributed by atoms with E-state index in [1.165, 1.54) is 11.3 Å². The number of ether oxygens (including phenoxy) is 1. The minimum absolute atomic E-state index is 0.0606. The van der Waals surface area contributed by atoms with Crippen molar-refractivity contribution in [2.24, 2.45) is 0 Å². The molecule has 0 unspecified atom stereocenters. The van der Waals surface area contributed by atoms with E-state index in [2.05, 4.69) is 29.2 Å². The molecule has 4 heteroatoms. The van der Waals surface area contributed by atoms with Gasteiger partial charge in [-0.15, -0.1) is 0 Å². The highest BCUT2D eigenvalue weighted by Crippen LogP contribution is 2.16. The smallest absolute Gasteiger partial charge is 0.260 e. The molecule has 1 aliphatic heterocycles. The van der Waals surface area contributed by atoms with Crippen LogP contribution >= 0.6 is 0 Å². The Kier molecular flexibility index (Phi) is 5.36. The summed E-state index contributed by atoms with van der Waals surface area (Å²) in [6, 6.07) is 18.2. The summed E-state index contributed by atoms with van der Waals surface area (Å²) < 4.78 is 5.62. The largest absolute Gasteiger partial charge is 0.484 e. The van der Waals surface area contributed by atoms with Gasteiger partial charge in [-0.05, 0) is 37.6 Å². The highest BCUT2D eigenvalue weighted by atomic mass is 16.5. The molecule has 3 rings (SSSR count). The highest BCUT2D eigenvalue weighted by Gasteiger charge is 2.19. The number of carbonyl (C=O) groups is 1. The topological polar surface area (TPSA) is 32.8 Å². The minimum atomic E-state index is 0.0606. The van der Waals surface area contributed by atoms with E-state index in [9.17, 15) is 4.79 Å². The van der Waals surface area contributed by atoms with Crippen LogP contribution in [0.5, 0.6) is 5.75 Å². The number of hydrogen-bond donors (Lipinski definition) is 0. The fourth-order valence-corrected chi connectivity index (χ4v) is 2.93. The molecule has 0 saturated carbocycles. The summed E-state index contributed by atoms with van der Waals surface area (Å²) in [4.78, 5) is 16.7. The lowest BCUT2D eigenvalue weighted by molar-refractivity contribution is -0.133. The van der Waals surface area contributed by atoms with E-state index in [1.54, 1.807) is 0 Å². The van der Waals surface area contributed by atoms with Crippen LogP contribution in [0.25, 0.3) is 0 Å². The normalized spacial score (nSPS) is 15.0. The quantitative estimate of drug-likeness (QED) is 0.866. The van der Waals surface area contributed by atoms with Crippen molar-refractivity contribution in [2.45, 2.75) is 13.3 Å². The summed E-state index contributed by atoms with van der Waals surface area (Å²) in [7, 11) is 0. The second-order valence-corrected chi connectivity index (χ2v) is 6.16. The number of aryl methyl sites for hydroxylation is 1. The van der Waals surface area contributed by atoms with Gasteiger partial charge in [0.2, 0.25) is 0 Å². The fourth-order valence-electron chi connectivity index (χ4n) is 2.93. The summed E-state index contributed by atoms with van der Waals surface area (Å²) in [5.41, 5.74) is 2.41. The van der Waals surface area contributed by atoms with Crippen molar-refractivity contribution < 1.29 is 9.53 Å². The van der Waals surface area contributed by atoms with E-state index in [0.717, 1.165) is 38.3 Å².